The van der Waals surface area contributed by atoms with Crippen LogP contribution in [0.2, 0.25) is 0 Å². The van der Waals surface area contributed by atoms with Gasteiger partial charge in [0.15, 0.2) is 0 Å². The fraction of sp³-hybridized carbons (Fsp3) is 0.571. The lowest BCUT2D eigenvalue weighted by molar-refractivity contribution is 0.438. The highest BCUT2D eigenvalue weighted by Gasteiger charge is 2.12. The molecule has 4 nitrogen and oxygen atoms in total. The van der Waals surface area contributed by atoms with Crippen LogP contribution in [0.25, 0.3) is 0 Å². The molecule has 0 saturated carbocycles. The summed E-state index contributed by atoms with van der Waals surface area (Å²) < 4.78 is 1.62. The smallest absolute Gasteiger partial charge is 0.130 e. The van der Waals surface area contributed by atoms with Crippen LogP contribution in [0.1, 0.15) is 71.1 Å². The first-order chi connectivity index (χ1) is 14.1. The lowest BCUT2D eigenvalue weighted by Gasteiger charge is -2.09. The molecule has 0 bridgehead atoms. The predicted octanol–water partition coefficient (Wildman–Crippen LogP) is 7.80. The van der Waals surface area contributed by atoms with Gasteiger partial charge in [-0.2, -0.15) is 5.10 Å². The monoisotopic (exact) mass is 472 g/mol. The number of phenolic OH excluding ortho intramolecular Hbond substituents is 2. The lowest BCUT2D eigenvalue weighted by Crippen LogP contribution is -1.86. The minimum absolute atomic E-state index is 0.173. The summed E-state index contributed by atoms with van der Waals surface area (Å²) in [5.74, 6) is 1.34. The second-order valence-electron chi connectivity index (χ2n) is 7.06. The van der Waals surface area contributed by atoms with E-state index in [1.807, 2.05) is 6.07 Å². The Labute approximate surface area is 192 Å². The maximum Gasteiger partial charge on any atom is 0.130 e. The van der Waals surface area contributed by atoms with E-state index in [0.29, 0.717) is 4.90 Å². The molecule has 8 heteroatoms. The topological polar surface area (TPSA) is 58.3 Å². The van der Waals surface area contributed by atoms with Crippen LogP contribution in [0.15, 0.2) is 39.2 Å². The first kappa shape index (κ1) is 24.7. The Morgan fingerprint density at radius 2 is 1.48 bits per heavy atom. The molecule has 0 unspecified atom stereocenters. The van der Waals surface area contributed by atoms with Crippen molar-refractivity contribution in [2.45, 2.75) is 85.9 Å². The van der Waals surface area contributed by atoms with Gasteiger partial charge in [0, 0.05) is 17.2 Å². The summed E-state index contributed by atoms with van der Waals surface area (Å²) in [6, 6.07) is 5.12. The highest BCUT2D eigenvalue weighted by molar-refractivity contribution is 8.67. The Morgan fingerprint density at radius 1 is 0.897 bits per heavy atom. The van der Waals surface area contributed by atoms with Crippen LogP contribution in [0.5, 0.6) is 11.5 Å². The first-order valence-corrected chi connectivity index (χ1v) is 14.0. The van der Waals surface area contributed by atoms with Crippen molar-refractivity contribution in [3.63, 3.8) is 0 Å². The maximum atomic E-state index is 10.3. The van der Waals surface area contributed by atoms with Crippen molar-refractivity contribution in [1.82, 2.24) is 9.19 Å². The zero-order valence-electron chi connectivity index (χ0n) is 17.0. The lowest BCUT2D eigenvalue weighted by atomic mass is 10.1. The standard InChI is InChI=1S/C21H32N2O2S4/c1-2-3-4-5-6-7-8-9-10-11-14-27-19-15-18(25)20(16-17(19)24)28-21-12-13-23(22-21)29-26/h12-13,15-16,24-26H,2-11,14H2,1H3. The van der Waals surface area contributed by atoms with Crippen LogP contribution in [0.4, 0.5) is 0 Å². The summed E-state index contributed by atoms with van der Waals surface area (Å²) in [5, 5.41) is 25.7. The van der Waals surface area contributed by atoms with Crippen molar-refractivity contribution >= 4 is 46.2 Å². The van der Waals surface area contributed by atoms with E-state index < -0.39 is 0 Å². The SMILES string of the molecule is CCCCCCCCCCCCSc1cc(O)c(Sc2ccn(SS)n2)cc1O. The number of aromatic hydroxyl groups is 2. The minimum atomic E-state index is 0.173. The van der Waals surface area contributed by atoms with Crippen molar-refractivity contribution in [2.75, 3.05) is 5.75 Å². The highest BCUT2D eigenvalue weighted by Crippen LogP contribution is 2.41. The molecule has 1 heterocycles. The molecule has 0 saturated heterocycles. The van der Waals surface area contributed by atoms with E-state index in [4.69, 9.17) is 0 Å². The fourth-order valence-electron chi connectivity index (χ4n) is 3.01. The maximum absolute atomic E-state index is 10.3. The van der Waals surface area contributed by atoms with E-state index in [0.717, 1.165) is 22.1 Å². The van der Waals surface area contributed by atoms with Gasteiger partial charge in [0.05, 0.1) is 9.79 Å². The third-order valence-corrected chi connectivity index (χ3v) is 7.61. The summed E-state index contributed by atoms with van der Waals surface area (Å²) in [7, 11) is 1.20. The van der Waals surface area contributed by atoms with Gasteiger partial charge in [0.2, 0.25) is 0 Å². The van der Waals surface area contributed by atoms with Gasteiger partial charge in [-0.1, -0.05) is 88.1 Å². The van der Waals surface area contributed by atoms with Gasteiger partial charge < -0.3 is 10.2 Å². The van der Waals surface area contributed by atoms with E-state index in [1.54, 1.807) is 34.2 Å². The second-order valence-corrected chi connectivity index (χ2v) is 10.3. The van der Waals surface area contributed by atoms with E-state index in [-0.39, 0.29) is 11.5 Å². The molecule has 0 fully saturated rings. The number of nitrogens with zero attached hydrogens (tertiary/aromatic N) is 2. The molecule has 0 aliphatic rings. The Balaban J connectivity index is 1.66. The van der Waals surface area contributed by atoms with Crippen LogP contribution in [-0.2, 0) is 0 Å². The summed E-state index contributed by atoms with van der Waals surface area (Å²) in [6.45, 7) is 2.26. The number of thiol groups is 1. The molecule has 1 aromatic carbocycles. The van der Waals surface area contributed by atoms with Crippen molar-refractivity contribution in [3.8, 4) is 11.5 Å². The van der Waals surface area contributed by atoms with Crippen LogP contribution < -0.4 is 0 Å². The number of hydrogen-bond acceptors (Lipinski definition) is 7. The zero-order chi connectivity index (χ0) is 20.9. The van der Waals surface area contributed by atoms with Crippen LogP contribution in [0.3, 0.4) is 0 Å². The third kappa shape index (κ3) is 9.40. The first-order valence-electron chi connectivity index (χ1n) is 10.4. The minimum Gasteiger partial charge on any atom is -0.507 e. The van der Waals surface area contributed by atoms with Gasteiger partial charge in [-0.3, -0.25) is 0 Å². The number of hydrogen-bond donors (Lipinski definition) is 3. The number of thioether (sulfide) groups is 1. The number of aromatic nitrogens is 2. The number of rotatable bonds is 15. The Hall–Kier alpha value is -0.570. The molecule has 29 heavy (non-hydrogen) atoms. The third-order valence-electron chi connectivity index (χ3n) is 4.64. The summed E-state index contributed by atoms with van der Waals surface area (Å²) in [5.41, 5.74) is 0. The highest BCUT2D eigenvalue weighted by atomic mass is 33.1. The molecule has 0 radical (unpaired) electrons. The Bertz CT molecular complexity index is 725. The average Bonchev–Trinajstić information content (AvgIpc) is 3.17. The van der Waals surface area contributed by atoms with Gasteiger partial charge in [-0.15, -0.1) is 11.8 Å². The van der Waals surface area contributed by atoms with Gasteiger partial charge in [0.1, 0.15) is 16.5 Å². The van der Waals surface area contributed by atoms with E-state index in [9.17, 15) is 10.2 Å². The molecular weight excluding hydrogens is 441 g/mol. The van der Waals surface area contributed by atoms with Crippen LogP contribution in [-0.4, -0.2) is 25.2 Å². The van der Waals surface area contributed by atoms with Crippen molar-refractivity contribution in [3.05, 3.63) is 24.4 Å². The average molecular weight is 473 g/mol. The van der Waals surface area contributed by atoms with Crippen LogP contribution in [0, 0.1) is 0 Å². The molecule has 0 atom stereocenters. The van der Waals surface area contributed by atoms with Crippen molar-refractivity contribution in [2.24, 2.45) is 0 Å². The normalized spacial score (nSPS) is 11.2. The number of benzene rings is 1. The van der Waals surface area contributed by atoms with E-state index in [1.165, 1.54) is 80.5 Å². The Morgan fingerprint density at radius 3 is 2.10 bits per heavy atom. The fourth-order valence-corrected chi connectivity index (χ4v) is 5.36. The summed E-state index contributed by atoms with van der Waals surface area (Å²) >= 11 is 7.02. The second kappa shape index (κ2) is 14.4. The van der Waals surface area contributed by atoms with Gasteiger partial charge in [-0.25, -0.2) is 4.09 Å². The molecule has 2 N–H and O–H groups in total. The van der Waals surface area contributed by atoms with Crippen LogP contribution >= 0.6 is 46.2 Å². The molecule has 0 amide bonds. The van der Waals surface area contributed by atoms with Gasteiger partial charge in [0.25, 0.3) is 0 Å². The molecule has 0 aliphatic carbocycles. The van der Waals surface area contributed by atoms with Crippen molar-refractivity contribution in [1.29, 1.82) is 0 Å². The van der Waals surface area contributed by atoms with Gasteiger partial charge in [-0.05, 0) is 30.4 Å². The quantitative estimate of drug-likeness (QED) is 0.0808. The van der Waals surface area contributed by atoms with Gasteiger partial charge >= 0.3 is 0 Å². The number of phenols is 2. The summed E-state index contributed by atoms with van der Waals surface area (Å²) in [4.78, 5) is 1.33. The van der Waals surface area contributed by atoms with E-state index in [2.05, 4.69) is 23.7 Å². The predicted molar refractivity (Wildman–Crippen MR) is 131 cm³/mol. The van der Waals surface area contributed by atoms with Crippen molar-refractivity contribution < 1.29 is 10.2 Å². The molecule has 1 aromatic heterocycles. The molecule has 2 rings (SSSR count). The van der Waals surface area contributed by atoms with E-state index >= 15 is 0 Å². The molecule has 162 valence electrons. The molecular formula is C21H32N2O2S4. The molecule has 2 aromatic rings. The zero-order valence-corrected chi connectivity index (χ0v) is 20.4. The summed E-state index contributed by atoms with van der Waals surface area (Å²) in [6.07, 6.45) is 15.0. The largest absolute Gasteiger partial charge is 0.507 e. The Kier molecular flexibility index (Phi) is 12.3. The molecule has 0 aliphatic heterocycles. The molecule has 0 spiro atoms. The number of unbranched alkanes of at least 4 members (excludes halogenated alkanes) is 9.